The fraction of sp³-hybridized carbons (Fsp3) is 0.667. The standard InChI is InChI=1S/C6ClF11/c7-4(12,13)2(9)1(8)3(10,11)5(14,15)6(16,17)18. The van der Waals surface area contributed by atoms with Crippen molar-refractivity contribution in [3.8, 4) is 0 Å². The van der Waals surface area contributed by atoms with Crippen LogP contribution in [0.3, 0.4) is 0 Å². The molecule has 0 fully saturated rings. The van der Waals surface area contributed by atoms with Gasteiger partial charge in [0, 0.05) is 0 Å². The van der Waals surface area contributed by atoms with Crippen molar-refractivity contribution in [1.29, 1.82) is 0 Å². The minimum Gasteiger partial charge on any atom is -0.202 e. The van der Waals surface area contributed by atoms with Gasteiger partial charge in [-0.25, -0.2) is 8.78 Å². The van der Waals surface area contributed by atoms with E-state index in [1.54, 1.807) is 0 Å². The van der Waals surface area contributed by atoms with Gasteiger partial charge in [0.05, 0.1) is 0 Å². The molecule has 0 aliphatic rings. The first-order valence-electron chi connectivity index (χ1n) is 3.52. The summed E-state index contributed by atoms with van der Waals surface area (Å²) in [5.41, 5.74) is 0. The molecular formula is C6ClF11. The van der Waals surface area contributed by atoms with Gasteiger partial charge in [0.25, 0.3) is 0 Å². The molecule has 0 aromatic rings. The molecule has 0 unspecified atom stereocenters. The van der Waals surface area contributed by atoms with Crippen molar-refractivity contribution in [1.82, 2.24) is 0 Å². The summed E-state index contributed by atoms with van der Waals surface area (Å²) in [5.74, 6) is -22.2. The van der Waals surface area contributed by atoms with E-state index < -0.39 is 35.1 Å². The quantitative estimate of drug-likeness (QED) is 0.518. The summed E-state index contributed by atoms with van der Waals surface area (Å²) in [5, 5.41) is -5.49. The van der Waals surface area contributed by atoms with Gasteiger partial charge >= 0.3 is 23.4 Å². The molecule has 0 radical (unpaired) electrons. The Labute approximate surface area is 96.0 Å². The van der Waals surface area contributed by atoms with Crippen molar-refractivity contribution in [3.63, 3.8) is 0 Å². The van der Waals surface area contributed by atoms with Crippen LogP contribution in [0.1, 0.15) is 0 Å². The van der Waals surface area contributed by atoms with Crippen LogP contribution in [0.5, 0.6) is 0 Å². The Kier molecular flexibility index (Phi) is 4.24. The molecule has 0 aliphatic carbocycles. The topological polar surface area (TPSA) is 0 Å². The normalized spacial score (nSPS) is 16.7. The van der Waals surface area contributed by atoms with Crippen molar-refractivity contribution in [2.75, 3.05) is 0 Å². The van der Waals surface area contributed by atoms with Crippen LogP contribution in [-0.4, -0.2) is 23.4 Å². The third kappa shape index (κ3) is 2.81. The van der Waals surface area contributed by atoms with Crippen LogP contribution in [0.2, 0.25) is 0 Å². The fourth-order valence-electron chi connectivity index (χ4n) is 0.578. The van der Waals surface area contributed by atoms with Crippen molar-refractivity contribution in [2.24, 2.45) is 0 Å². The summed E-state index contributed by atoms with van der Waals surface area (Å²) in [6, 6.07) is 0. The molecule has 0 aromatic carbocycles. The summed E-state index contributed by atoms with van der Waals surface area (Å²) >= 11 is 3.68. The first kappa shape index (κ1) is 17.3. The van der Waals surface area contributed by atoms with Gasteiger partial charge in [-0.2, -0.15) is 39.5 Å². The Hall–Kier alpha value is -0.740. The molecule has 0 nitrogen and oxygen atoms in total. The van der Waals surface area contributed by atoms with Crippen LogP contribution < -0.4 is 0 Å². The van der Waals surface area contributed by atoms with Crippen molar-refractivity contribution < 1.29 is 48.3 Å². The molecule has 0 spiro atoms. The van der Waals surface area contributed by atoms with Gasteiger partial charge in [-0.05, 0) is 11.6 Å². The van der Waals surface area contributed by atoms with E-state index in [0.29, 0.717) is 0 Å². The number of alkyl halides is 10. The van der Waals surface area contributed by atoms with E-state index in [1.807, 2.05) is 0 Å². The highest BCUT2D eigenvalue weighted by atomic mass is 35.5. The smallest absolute Gasteiger partial charge is 0.202 e. The molecule has 108 valence electrons. The first-order chi connectivity index (χ1) is 7.57. The van der Waals surface area contributed by atoms with Crippen molar-refractivity contribution >= 4 is 11.6 Å². The zero-order valence-corrected chi connectivity index (χ0v) is 8.29. The van der Waals surface area contributed by atoms with Crippen LogP contribution in [0, 0.1) is 0 Å². The molecule has 0 bridgehead atoms. The number of halogens is 12. The van der Waals surface area contributed by atoms with Gasteiger partial charge in [-0.15, -0.1) is 0 Å². The van der Waals surface area contributed by atoms with Crippen molar-refractivity contribution in [2.45, 2.75) is 23.4 Å². The Morgan fingerprint density at radius 2 is 1.00 bits per heavy atom. The van der Waals surface area contributed by atoms with Crippen LogP contribution >= 0.6 is 11.6 Å². The lowest BCUT2D eigenvalue weighted by molar-refractivity contribution is -0.348. The van der Waals surface area contributed by atoms with Gasteiger partial charge in [0.2, 0.25) is 11.7 Å². The summed E-state index contributed by atoms with van der Waals surface area (Å²) in [7, 11) is 0. The largest absolute Gasteiger partial charge is 0.460 e. The van der Waals surface area contributed by atoms with Crippen LogP contribution in [0.4, 0.5) is 48.3 Å². The molecule has 0 aromatic heterocycles. The lowest BCUT2D eigenvalue weighted by atomic mass is 10.1. The third-order valence-electron chi connectivity index (χ3n) is 1.47. The van der Waals surface area contributed by atoms with Gasteiger partial charge in [-0.3, -0.25) is 0 Å². The predicted octanol–water partition coefficient (Wildman–Crippen LogP) is 4.80. The second kappa shape index (κ2) is 4.42. The van der Waals surface area contributed by atoms with Crippen LogP contribution in [0.25, 0.3) is 0 Å². The molecular weight excluding hydrogens is 316 g/mol. The van der Waals surface area contributed by atoms with E-state index >= 15 is 0 Å². The minimum atomic E-state index is -7.09. The molecule has 0 atom stereocenters. The molecule has 0 N–H and O–H groups in total. The van der Waals surface area contributed by atoms with Gasteiger partial charge < -0.3 is 0 Å². The highest BCUT2D eigenvalue weighted by Crippen LogP contribution is 2.52. The average molecular weight is 316 g/mol. The molecule has 18 heavy (non-hydrogen) atoms. The molecule has 0 saturated carbocycles. The summed E-state index contributed by atoms with van der Waals surface area (Å²) in [4.78, 5) is 0. The van der Waals surface area contributed by atoms with E-state index in [4.69, 9.17) is 0 Å². The Balaban J connectivity index is 5.83. The maximum Gasteiger partial charge on any atom is 0.460 e. The summed E-state index contributed by atoms with van der Waals surface area (Å²) < 4.78 is 131. The van der Waals surface area contributed by atoms with E-state index in [-0.39, 0.29) is 0 Å². The number of hydrogen-bond donors (Lipinski definition) is 0. The number of hydrogen-bond acceptors (Lipinski definition) is 0. The highest BCUT2D eigenvalue weighted by molar-refractivity contribution is 6.23. The third-order valence-corrected chi connectivity index (χ3v) is 1.63. The van der Waals surface area contributed by atoms with Gasteiger partial charge in [0.1, 0.15) is 0 Å². The Morgan fingerprint density at radius 1 is 0.667 bits per heavy atom. The van der Waals surface area contributed by atoms with Gasteiger partial charge in [-0.1, -0.05) is 0 Å². The predicted molar refractivity (Wildman–Crippen MR) is 36.0 cm³/mol. The monoisotopic (exact) mass is 316 g/mol. The van der Waals surface area contributed by atoms with E-state index in [0.717, 1.165) is 0 Å². The Bertz CT molecular complexity index is 346. The summed E-state index contributed by atoms with van der Waals surface area (Å²) in [6.07, 6.45) is -6.99. The number of allylic oxidation sites excluding steroid dienone is 2. The lowest BCUT2D eigenvalue weighted by Crippen LogP contribution is -2.52. The molecule has 0 heterocycles. The van der Waals surface area contributed by atoms with Gasteiger partial charge in [0.15, 0.2) is 0 Å². The maximum absolute atomic E-state index is 12.3. The average Bonchev–Trinajstić information content (AvgIpc) is 2.11. The molecule has 0 aliphatic heterocycles. The Morgan fingerprint density at radius 3 is 1.22 bits per heavy atom. The molecule has 12 heteroatoms. The highest BCUT2D eigenvalue weighted by Gasteiger charge is 2.76. The van der Waals surface area contributed by atoms with Crippen molar-refractivity contribution in [3.05, 3.63) is 11.7 Å². The minimum absolute atomic E-state index is 3.68. The molecule has 0 saturated heterocycles. The lowest BCUT2D eigenvalue weighted by Gasteiger charge is -2.27. The number of rotatable bonds is 3. The van der Waals surface area contributed by atoms with E-state index in [9.17, 15) is 48.3 Å². The second-order valence-corrected chi connectivity index (χ2v) is 3.25. The SMILES string of the molecule is FC(=C(F)C(F)(F)C(F)(F)C(F)(F)F)C(F)(F)Cl. The van der Waals surface area contributed by atoms with Crippen LogP contribution in [-0.2, 0) is 0 Å². The van der Waals surface area contributed by atoms with E-state index in [2.05, 4.69) is 11.6 Å². The summed E-state index contributed by atoms with van der Waals surface area (Å²) in [6.45, 7) is 0. The van der Waals surface area contributed by atoms with Crippen LogP contribution in [0.15, 0.2) is 11.7 Å². The molecule has 0 amide bonds. The molecule has 0 rings (SSSR count). The second-order valence-electron chi connectivity index (χ2n) is 2.77. The first-order valence-corrected chi connectivity index (χ1v) is 3.90. The van der Waals surface area contributed by atoms with E-state index in [1.165, 1.54) is 0 Å². The zero-order valence-electron chi connectivity index (χ0n) is 7.54. The zero-order chi connectivity index (χ0) is 15.2. The maximum atomic E-state index is 12.3. The fourth-order valence-corrected chi connectivity index (χ4v) is 0.661.